The van der Waals surface area contributed by atoms with Gasteiger partial charge in [0.2, 0.25) is 0 Å². The molecule has 0 heterocycles. The molecule has 118 valence electrons. The number of methoxy groups -OCH3 is 1. The van der Waals surface area contributed by atoms with E-state index in [9.17, 15) is 10.1 Å². The van der Waals surface area contributed by atoms with Crippen molar-refractivity contribution in [2.75, 3.05) is 40.6 Å². The van der Waals surface area contributed by atoms with Crippen LogP contribution in [0.2, 0.25) is 0 Å². The van der Waals surface area contributed by atoms with Gasteiger partial charge in [-0.25, -0.2) is 0 Å². The second-order valence-corrected chi connectivity index (χ2v) is 4.40. The highest BCUT2D eigenvalue weighted by Gasteiger charge is 2.15. The van der Waals surface area contributed by atoms with Crippen molar-refractivity contribution in [1.82, 2.24) is 5.32 Å². The summed E-state index contributed by atoms with van der Waals surface area (Å²) in [7, 11) is 3.45. The quantitative estimate of drug-likeness (QED) is 0.381. The Morgan fingerprint density at radius 1 is 1.24 bits per heavy atom. The lowest BCUT2D eigenvalue weighted by Gasteiger charge is -2.09. The summed E-state index contributed by atoms with van der Waals surface area (Å²) >= 11 is 0. The Balaban J connectivity index is 2.47. The normalized spacial score (nSPS) is 10.6. The number of nitrogens with one attached hydrogen (secondary N) is 1. The molecule has 1 aromatic carbocycles. The standard InChI is InChI=1S/C14H22N2O5/c1-15-11-12-4-5-13(16(17)18)14(10-12)21-9-8-20-7-3-6-19-2/h4-5,10,15H,3,6-9,11H2,1-2H3. The molecule has 1 aromatic rings. The Kier molecular flexibility index (Phi) is 8.34. The molecule has 0 aromatic heterocycles. The smallest absolute Gasteiger partial charge is 0.310 e. The molecular formula is C14H22N2O5. The van der Waals surface area contributed by atoms with Gasteiger partial charge in [0.05, 0.1) is 11.5 Å². The van der Waals surface area contributed by atoms with E-state index >= 15 is 0 Å². The molecule has 0 fully saturated rings. The van der Waals surface area contributed by atoms with Crippen molar-refractivity contribution >= 4 is 5.69 Å². The summed E-state index contributed by atoms with van der Waals surface area (Å²) in [6, 6.07) is 4.85. The van der Waals surface area contributed by atoms with E-state index in [0.717, 1.165) is 12.0 Å². The number of nitro groups is 1. The molecule has 0 atom stereocenters. The Labute approximate surface area is 124 Å². The molecule has 7 nitrogen and oxygen atoms in total. The van der Waals surface area contributed by atoms with Gasteiger partial charge in [-0.1, -0.05) is 6.07 Å². The molecule has 0 unspecified atom stereocenters. The molecule has 1 N–H and O–H groups in total. The monoisotopic (exact) mass is 298 g/mol. The second kappa shape index (κ2) is 10.1. The van der Waals surface area contributed by atoms with E-state index in [1.165, 1.54) is 6.07 Å². The molecule has 0 bridgehead atoms. The highest BCUT2D eigenvalue weighted by Crippen LogP contribution is 2.27. The van der Waals surface area contributed by atoms with Crippen LogP contribution in [0.1, 0.15) is 12.0 Å². The SMILES string of the molecule is CNCc1ccc([N+](=O)[O-])c(OCCOCCCOC)c1. The van der Waals surface area contributed by atoms with Gasteiger partial charge in [0, 0.05) is 32.9 Å². The fourth-order valence-corrected chi connectivity index (χ4v) is 1.76. The first-order valence-corrected chi connectivity index (χ1v) is 6.80. The van der Waals surface area contributed by atoms with Crippen LogP contribution in [0, 0.1) is 10.1 Å². The average molecular weight is 298 g/mol. The molecule has 0 saturated carbocycles. The molecule has 0 aliphatic carbocycles. The molecular weight excluding hydrogens is 276 g/mol. The maximum absolute atomic E-state index is 11.0. The molecule has 0 aliphatic rings. The van der Waals surface area contributed by atoms with E-state index < -0.39 is 4.92 Å². The number of ether oxygens (including phenoxy) is 3. The fraction of sp³-hybridized carbons (Fsp3) is 0.571. The van der Waals surface area contributed by atoms with E-state index in [1.807, 2.05) is 7.05 Å². The lowest BCUT2D eigenvalue weighted by atomic mass is 10.2. The van der Waals surface area contributed by atoms with Crippen molar-refractivity contribution in [3.8, 4) is 5.75 Å². The van der Waals surface area contributed by atoms with Gasteiger partial charge in [-0.15, -0.1) is 0 Å². The van der Waals surface area contributed by atoms with Crippen LogP contribution in [0.4, 0.5) is 5.69 Å². The van der Waals surface area contributed by atoms with E-state index in [0.29, 0.717) is 26.4 Å². The fourth-order valence-electron chi connectivity index (χ4n) is 1.76. The predicted octanol–water partition coefficient (Wildman–Crippen LogP) is 1.75. The van der Waals surface area contributed by atoms with Crippen LogP contribution in [0.3, 0.4) is 0 Å². The highest BCUT2D eigenvalue weighted by atomic mass is 16.6. The largest absolute Gasteiger partial charge is 0.484 e. The van der Waals surface area contributed by atoms with Crippen LogP contribution < -0.4 is 10.1 Å². The summed E-state index contributed by atoms with van der Waals surface area (Å²) in [6.45, 7) is 2.52. The minimum atomic E-state index is -0.446. The summed E-state index contributed by atoms with van der Waals surface area (Å²) < 4.78 is 15.7. The van der Waals surface area contributed by atoms with Gasteiger partial charge in [-0.3, -0.25) is 10.1 Å². The van der Waals surface area contributed by atoms with Crippen LogP contribution in [0.15, 0.2) is 18.2 Å². The van der Waals surface area contributed by atoms with Crippen LogP contribution >= 0.6 is 0 Å². The first-order valence-electron chi connectivity index (χ1n) is 6.80. The molecule has 1 rings (SSSR count). The maximum atomic E-state index is 11.0. The first kappa shape index (κ1) is 17.4. The molecule has 0 aliphatic heterocycles. The molecule has 21 heavy (non-hydrogen) atoms. The Bertz CT molecular complexity index is 439. The van der Waals surface area contributed by atoms with E-state index in [1.54, 1.807) is 19.2 Å². The summed E-state index contributed by atoms with van der Waals surface area (Å²) in [5, 5.41) is 14.0. The topological polar surface area (TPSA) is 82.9 Å². The molecule has 0 saturated heterocycles. The highest BCUT2D eigenvalue weighted by molar-refractivity contribution is 5.48. The molecule has 0 amide bonds. The lowest BCUT2D eigenvalue weighted by Crippen LogP contribution is -2.10. The summed E-state index contributed by atoms with van der Waals surface area (Å²) in [4.78, 5) is 10.5. The third kappa shape index (κ3) is 6.52. The number of hydrogen-bond acceptors (Lipinski definition) is 6. The van der Waals surface area contributed by atoms with E-state index in [2.05, 4.69) is 5.32 Å². The summed E-state index contributed by atoms with van der Waals surface area (Å²) in [5.74, 6) is 0.272. The molecule has 0 spiro atoms. The second-order valence-electron chi connectivity index (χ2n) is 4.40. The van der Waals surface area contributed by atoms with Crippen molar-refractivity contribution in [3.05, 3.63) is 33.9 Å². The Morgan fingerprint density at radius 3 is 2.71 bits per heavy atom. The average Bonchev–Trinajstić information content (AvgIpc) is 2.46. The third-order valence-corrected chi connectivity index (χ3v) is 2.72. The van der Waals surface area contributed by atoms with Crippen molar-refractivity contribution in [2.24, 2.45) is 0 Å². The van der Waals surface area contributed by atoms with Gasteiger partial charge in [-0.05, 0) is 25.1 Å². The Hall–Kier alpha value is -1.70. The van der Waals surface area contributed by atoms with Gasteiger partial charge in [0.25, 0.3) is 0 Å². The number of nitro benzene ring substituents is 1. The first-order chi connectivity index (χ1) is 10.2. The van der Waals surface area contributed by atoms with Gasteiger partial charge in [0.1, 0.15) is 6.61 Å². The number of rotatable bonds is 11. The zero-order valence-corrected chi connectivity index (χ0v) is 12.5. The van der Waals surface area contributed by atoms with Crippen molar-refractivity contribution in [1.29, 1.82) is 0 Å². The number of benzene rings is 1. The minimum absolute atomic E-state index is 0.0331. The lowest BCUT2D eigenvalue weighted by molar-refractivity contribution is -0.385. The van der Waals surface area contributed by atoms with Gasteiger partial charge < -0.3 is 19.5 Å². The number of nitrogens with zero attached hydrogens (tertiary/aromatic N) is 1. The third-order valence-electron chi connectivity index (χ3n) is 2.72. The van der Waals surface area contributed by atoms with E-state index in [-0.39, 0.29) is 18.0 Å². The van der Waals surface area contributed by atoms with Crippen molar-refractivity contribution in [2.45, 2.75) is 13.0 Å². The molecule has 7 heteroatoms. The van der Waals surface area contributed by atoms with E-state index in [4.69, 9.17) is 14.2 Å². The summed E-state index contributed by atoms with van der Waals surface area (Å²) in [5.41, 5.74) is 0.897. The van der Waals surface area contributed by atoms with Crippen LogP contribution in [0.25, 0.3) is 0 Å². The summed E-state index contributed by atoms with van der Waals surface area (Å²) in [6.07, 6.45) is 0.814. The van der Waals surface area contributed by atoms with Gasteiger partial charge >= 0.3 is 5.69 Å². The van der Waals surface area contributed by atoms with Crippen LogP contribution in [0.5, 0.6) is 5.75 Å². The minimum Gasteiger partial charge on any atom is -0.484 e. The maximum Gasteiger partial charge on any atom is 0.310 e. The number of hydrogen-bond donors (Lipinski definition) is 1. The predicted molar refractivity (Wildman–Crippen MR) is 78.7 cm³/mol. The van der Waals surface area contributed by atoms with Crippen LogP contribution in [-0.2, 0) is 16.0 Å². The zero-order valence-electron chi connectivity index (χ0n) is 12.5. The van der Waals surface area contributed by atoms with Crippen molar-refractivity contribution < 1.29 is 19.1 Å². The zero-order chi connectivity index (χ0) is 15.5. The van der Waals surface area contributed by atoms with Crippen molar-refractivity contribution in [3.63, 3.8) is 0 Å². The van der Waals surface area contributed by atoms with Crippen LogP contribution in [-0.4, -0.2) is 45.5 Å². The molecule has 0 radical (unpaired) electrons. The van der Waals surface area contributed by atoms with Gasteiger partial charge in [0.15, 0.2) is 5.75 Å². The van der Waals surface area contributed by atoms with Gasteiger partial charge in [-0.2, -0.15) is 0 Å². The Morgan fingerprint density at radius 2 is 2.05 bits per heavy atom.